The van der Waals surface area contributed by atoms with E-state index >= 15 is 0 Å². The number of benzene rings is 2. The summed E-state index contributed by atoms with van der Waals surface area (Å²) in [6.45, 7) is 2.25. The van der Waals surface area contributed by atoms with Crippen LogP contribution in [0.5, 0.6) is 11.5 Å². The molecule has 2 aliphatic heterocycles. The van der Waals surface area contributed by atoms with Gasteiger partial charge in [-0.15, -0.1) is 0 Å². The van der Waals surface area contributed by atoms with Crippen LogP contribution in [-0.4, -0.2) is 46.5 Å². The number of fused-ring (bicyclic) bond motifs is 2. The van der Waals surface area contributed by atoms with Gasteiger partial charge in [-0.1, -0.05) is 24.4 Å². The zero-order chi connectivity index (χ0) is 19.8. The molecule has 0 spiro atoms. The molecule has 0 unspecified atom stereocenters. The molecule has 1 aromatic heterocycles. The van der Waals surface area contributed by atoms with Gasteiger partial charge in [-0.2, -0.15) is 0 Å². The van der Waals surface area contributed by atoms with Crippen LogP contribution in [0.4, 0.5) is 0 Å². The number of rotatable bonds is 4. The van der Waals surface area contributed by atoms with Crippen molar-refractivity contribution in [2.75, 3.05) is 26.8 Å². The summed E-state index contributed by atoms with van der Waals surface area (Å²) in [5.41, 5.74) is 3.21. The molecule has 5 nitrogen and oxygen atoms in total. The zero-order valence-corrected chi connectivity index (χ0v) is 17.4. The Hall–Kier alpha value is -2.44. The molecule has 0 amide bonds. The van der Waals surface area contributed by atoms with Gasteiger partial charge in [0, 0.05) is 4.86 Å². The molecule has 1 fully saturated rings. The van der Waals surface area contributed by atoms with E-state index in [1.54, 1.807) is 0 Å². The number of nitrogens with one attached hydrogen (secondary N) is 1. The molecule has 0 aliphatic carbocycles. The molecule has 150 valence electrons. The summed E-state index contributed by atoms with van der Waals surface area (Å²) in [5.74, 6) is 3.22. The first-order chi connectivity index (χ1) is 14.2. The first-order valence-corrected chi connectivity index (χ1v) is 10.7. The quantitative estimate of drug-likeness (QED) is 0.509. The number of piperidine rings is 1. The minimum atomic E-state index is 0.296. The van der Waals surface area contributed by atoms with Gasteiger partial charge < -0.3 is 14.5 Å². The van der Waals surface area contributed by atoms with Crippen molar-refractivity contribution < 1.29 is 9.47 Å². The lowest BCUT2D eigenvalue weighted by Crippen LogP contribution is -2.35. The first kappa shape index (κ1) is 18.6. The average molecular weight is 408 g/mol. The summed E-state index contributed by atoms with van der Waals surface area (Å²) in [6, 6.07) is 14.6. The van der Waals surface area contributed by atoms with Crippen molar-refractivity contribution in [3.05, 3.63) is 53.9 Å². The second-order valence-electron chi connectivity index (χ2n) is 8.01. The van der Waals surface area contributed by atoms with Crippen molar-refractivity contribution in [2.24, 2.45) is 5.92 Å². The number of hydrogen-bond acceptors (Lipinski definition) is 5. The molecule has 2 aliphatic rings. The molecular weight excluding hydrogens is 382 g/mol. The molecule has 2 atom stereocenters. The normalized spacial score (nSPS) is 22.0. The number of hydrogen-bond donors (Lipinski definition) is 1. The topological polar surface area (TPSA) is 50.4 Å². The van der Waals surface area contributed by atoms with E-state index in [1.807, 2.05) is 24.3 Å². The van der Waals surface area contributed by atoms with Gasteiger partial charge in [0.15, 0.2) is 11.5 Å². The summed E-state index contributed by atoms with van der Waals surface area (Å²) >= 11 is 5.81. The van der Waals surface area contributed by atoms with Crippen LogP contribution < -0.4 is 9.47 Å². The molecular formula is C23H25N3O2S. The number of H-pyrrole nitrogens is 1. The Labute approximate surface area is 176 Å². The smallest absolute Gasteiger partial charge is 0.161 e. The Bertz CT molecular complexity index is 1010. The van der Waals surface area contributed by atoms with E-state index in [1.165, 1.54) is 0 Å². The van der Waals surface area contributed by atoms with Crippen molar-refractivity contribution >= 4 is 28.1 Å². The van der Waals surface area contributed by atoms with Crippen LogP contribution in [0.25, 0.3) is 11.0 Å². The molecule has 1 saturated heterocycles. The molecule has 2 aromatic carbocycles. The van der Waals surface area contributed by atoms with E-state index in [9.17, 15) is 0 Å². The highest BCUT2D eigenvalue weighted by atomic mass is 32.1. The highest BCUT2D eigenvalue weighted by Crippen LogP contribution is 2.36. The Morgan fingerprint density at radius 2 is 2.00 bits per heavy atom. The maximum Gasteiger partial charge on any atom is 0.161 e. The number of thiocarbonyl (C=S) groups is 1. The lowest BCUT2D eigenvalue weighted by Gasteiger charge is -2.36. The van der Waals surface area contributed by atoms with Gasteiger partial charge in [0.05, 0.1) is 17.1 Å². The van der Waals surface area contributed by atoms with E-state index in [2.05, 4.69) is 35.1 Å². The summed E-state index contributed by atoms with van der Waals surface area (Å²) in [7, 11) is 2.19. The number of aromatic nitrogens is 2. The van der Waals surface area contributed by atoms with Gasteiger partial charge >= 0.3 is 0 Å². The largest absolute Gasteiger partial charge is 0.486 e. The third kappa shape index (κ3) is 3.74. The molecule has 3 heterocycles. The van der Waals surface area contributed by atoms with Crippen molar-refractivity contribution in [3.63, 3.8) is 0 Å². The zero-order valence-electron chi connectivity index (χ0n) is 16.6. The van der Waals surface area contributed by atoms with Gasteiger partial charge in [0.2, 0.25) is 0 Å². The monoisotopic (exact) mass is 407 g/mol. The van der Waals surface area contributed by atoms with Crippen LogP contribution in [0.3, 0.4) is 0 Å². The number of likely N-dealkylation sites (tertiary alicyclic amines) is 1. The second kappa shape index (κ2) is 7.76. The lowest BCUT2D eigenvalue weighted by molar-refractivity contribution is 0.139. The highest BCUT2D eigenvalue weighted by molar-refractivity contribution is 7.80. The number of ether oxygens (including phenoxy) is 2. The number of aromatic amines is 1. The average Bonchev–Trinajstić information content (AvgIpc) is 3.18. The Kier molecular flexibility index (Phi) is 4.97. The molecule has 0 bridgehead atoms. The number of nitrogens with zero attached hydrogens (tertiary/aromatic N) is 2. The fourth-order valence-corrected chi connectivity index (χ4v) is 4.75. The van der Waals surface area contributed by atoms with E-state index in [0.29, 0.717) is 25.2 Å². The number of imidazole rings is 1. The van der Waals surface area contributed by atoms with Crippen molar-refractivity contribution in [1.82, 2.24) is 14.9 Å². The maximum atomic E-state index is 5.81. The predicted octanol–water partition coefficient (Wildman–Crippen LogP) is 4.53. The van der Waals surface area contributed by atoms with E-state index in [4.69, 9.17) is 26.7 Å². The van der Waals surface area contributed by atoms with Crippen LogP contribution in [-0.2, 0) is 0 Å². The van der Waals surface area contributed by atoms with E-state index < -0.39 is 0 Å². The highest BCUT2D eigenvalue weighted by Gasteiger charge is 2.30. The summed E-state index contributed by atoms with van der Waals surface area (Å²) in [5, 5.41) is 0. The van der Waals surface area contributed by atoms with E-state index in [0.717, 1.165) is 64.6 Å². The molecule has 1 N–H and O–H groups in total. The molecule has 0 radical (unpaired) electrons. The van der Waals surface area contributed by atoms with Crippen molar-refractivity contribution in [1.29, 1.82) is 0 Å². The second-order valence-corrected chi connectivity index (χ2v) is 8.50. The molecule has 29 heavy (non-hydrogen) atoms. The third-order valence-corrected chi connectivity index (χ3v) is 6.44. The maximum absolute atomic E-state index is 5.81. The third-order valence-electron chi connectivity index (χ3n) is 6.04. The van der Waals surface area contributed by atoms with Crippen LogP contribution in [0.15, 0.2) is 42.5 Å². The molecule has 6 heteroatoms. The van der Waals surface area contributed by atoms with E-state index in [-0.39, 0.29) is 0 Å². The van der Waals surface area contributed by atoms with Crippen LogP contribution in [0.2, 0.25) is 0 Å². The Balaban J connectivity index is 1.30. The predicted molar refractivity (Wildman–Crippen MR) is 118 cm³/mol. The fraction of sp³-hybridized carbons (Fsp3) is 0.391. The summed E-state index contributed by atoms with van der Waals surface area (Å²) in [6.07, 6.45) is 3.12. The fourth-order valence-electron chi connectivity index (χ4n) is 4.39. The van der Waals surface area contributed by atoms with Gasteiger partial charge in [-0.25, -0.2) is 4.98 Å². The van der Waals surface area contributed by atoms with Gasteiger partial charge in [-0.3, -0.25) is 4.90 Å². The first-order valence-electron chi connectivity index (χ1n) is 10.2. The standard InChI is InChI=1S/C23H25N3O2S/c1-26-9-8-15(12-19(26)23-24-17-4-2-3-5-18(17)25-23)13-22(29)16-6-7-20-21(14-16)28-11-10-27-20/h2-7,14-15,19H,8-13H2,1H3,(H,24,25)/t15-,19-/m1/s1. The molecule has 5 rings (SSSR count). The number of para-hydroxylation sites is 2. The van der Waals surface area contributed by atoms with Crippen LogP contribution >= 0.6 is 12.2 Å². The molecule has 3 aromatic rings. The van der Waals surface area contributed by atoms with Crippen LogP contribution in [0, 0.1) is 5.92 Å². The minimum absolute atomic E-state index is 0.296. The van der Waals surface area contributed by atoms with Crippen LogP contribution in [0.1, 0.15) is 36.7 Å². The Morgan fingerprint density at radius 1 is 1.17 bits per heavy atom. The van der Waals surface area contributed by atoms with Crippen molar-refractivity contribution in [3.8, 4) is 11.5 Å². The lowest BCUT2D eigenvalue weighted by atomic mass is 9.86. The summed E-state index contributed by atoms with van der Waals surface area (Å²) in [4.78, 5) is 11.8. The summed E-state index contributed by atoms with van der Waals surface area (Å²) < 4.78 is 11.3. The van der Waals surface area contributed by atoms with Gasteiger partial charge in [0.1, 0.15) is 19.0 Å². The molecule has 0 saturated carbocycles. The van der Waals surface area contributed by atoms with Gasteiger partial charge in [0.25, 0.3) is 0 Å². The van der Waals surface area contributed by atoms with Crippen molar-refractivity contribution in [2.45, 2.75) is 25.3 Å². The van der Waals surface area contributed by atoms with Gasteiger partial charge in [-0.05, 0) is 74.7 Å². The SMILES string of the molecule is CN1CC[C@@H](CC(=S)c2ccc3c(c2)OCCO3)C[C@@H]1c1nc2ccccc2[nH]1. The minimum Gasteiger partial charge on any atom is -0.486 e. The Morgan fingerprint density at radius 3 is 2.86 bits per heavy atom.